The van der Waals surface area contributed by atoms with Crippen molar-refractivity contribution in [3.05, 3.63) is 24.3 Å². The van der Waals surface area contributed by atoms with Crippen molar-refractivity contribution in [1.29, 1.82) is 0 Å². The third kappa shape index (κ3) is 6.61. The van der Waals surface area contributed by atoms with Crippen molar-refractivity contribution in [3.63, 3.8) is 0 Å². The van der Waals surface area contributed by atoms with Gasteiger partial charge < -0.3 is 14.8 Å². The second-order valence-electron chi connectivity index (χ2n) is 7.73. The van der Waals surface area contributed by atoms with Crippen LogP contribution in [-0.2, 0) is 9.53 Å². The van der Waals surface area contributed by atoms with Gasteiger partial charge in [0.05, 0.1) is 0 Å². The average molecular weight is 363 g/mol. The minimum Gasteiger partial charge on any atom is -0.492 e. The molecule has 0 aromatic heterocycles. The van der Waals surface area contributed by atoms with E-state index >= 15 is 0 Å². The molecule has 1 saturated heterocycles. The van der Waals surface area contributed by atoms with E-state index < -0.39 is 5.60 Å². The molecule has 0 saturated carbocycles. The van der Waals surface area contributed by atoms with Gasteiger partial charge in [-0.2, -0.15) is 0 Å². The van der Waals surface area contributed by atoms with E-state index in [1.807, 2.05) is 31.2 Å². The Morgan fingerprint density at radius 1 is 1.27 bits per heavy atom. The van der Waals surface area contributed by atoms with Gasteiger partial charge in [-0.15, -0.1) is 0 Å². The van der Waals surface area contributed by atoms with E-state index in [9.17, 15) is 4.79 Å². The summed E-state index contributed by atoms with van der Waals surface area (Å²) < 4.78 is 11.5. The molecule has 5 nitrogen and oxygen atoms in total. The predicted molar refractivity (Wildman–Crippen MR) is 106 cm³/mol. The molecule has 1 aliphatic heterocycles. The fourth-order valence-electron chi connectivity index (χ4n) is 3.12. The van der Waals surface area contributed by atoms with Crippen molar-refractivity contribution in [2.24, 2.45) is 5.92 Å². The Bertz CT molecular complexity index is 557. The fourth-order valence-corrected chi connectivity index (χ4v) is 3.12. The Morgan fingerprint density at radius 2 is 2.00 bits per heavy atom. The van der Waals surface area contributed by atoms with Gasteiger partial charge in [0.25, 0.3) is 5.91 Å². The normalized spacial score (nSPS) is 18.5. The van der Waals surface area contributed by atoms with Gasteiger partial charge in [0.2, 0.25) is 0 Å². The molecule has 1 N–H and O–H groups in total. The number of benzene rings is 1. The maximum absolute atomic E-state index is 12.3. The number of hydrogen-bond donors (Lipinski definition) is 1. The number of ether oxygens (including phenoxy) is 2. The topological polar surface area (TPSA) is 50.8 Å². The van der Waals surface area contributed by atoms with Crippen LogP contribution >= 0.6 is 0 Å². The molecule has 0 aliphatic carbocycles. The molecular formula is C21H34N2O3. The average Bonchev–Trinajstić information content (AvgIpc) is 2.61. The number of amides is 1. The second-order valence-corrected chi connectivity index (χ2v) is 7.73. The highest BCUT2D eigenvalue weighted by atomic mass is 16.5. The largest absolute Gasteiger partial charge is 0.492 e. The summed E-state index contributed by atoms with van der Waals surface area (Å²) in [5.41, 5.74) is -0.0862. The quantitative estimate of drug-likeness (QED) is 0.723. The number of anilines is 1. The number of likely N-dealkylation sites (tertiary alicyclic amines) is 1. The highest BCUT2D eigenvalue weighted by Crippen LogP contribution is 2.19. The summed E-state index contributed by atoms with van der Waals surface area (Å²) in [5, 5.41) is 2.90. The van der Waals surface area contributed by atoms with Crippen molar-refractivity contribution in [2.75, 3.05) is 38.2 Å². The zero-order chi connectivity index (χ0) is 19.0. The molecule has 2 rings (SSSR count). The van der Waals surface area contributed by atoms with Gasteiger partial charge in [0, 0.05) is 25.4 Å². The first-order chi connectivity index (χ1) is 12.4. The van der Waals surface area contributed by atoms with E-state index in [0.29, 0.717) is 13.2 Å². The van der Waals surface area contributed by atoms with Crippen LogP contribution in [0.25, 0.3) is 0 Å². The third-order valence-corrected chi connectivity index (χ3v) is 4.74. The Morgan fingerprint density at radius 3 is 2.65 bits per heavy atom. The highest BCUT2D eigenvalue weighted by molar-refractivity contribution is 5.96. The van der Waals surface area contributed by atoms with Gasteiger partial charge in [-0.05, 0) is 69.8 Å². The molecule has 1 heterocycles. The minimum atomic E-state index is -0.837. The van der Waals surface area contributed by atoms with Crippen LogP contribution in [0.1, 0.15) is 47.0 Å². The van der Waals surface area contributed by atoms with Gasteiger partial charge in [0.15, 0.2) is 0 Å². The van der Waals surface area contributed by atoms with Crippen molar-refractivity contribution >= 4 is 11.6 Å². The monoisotopic (exact) mass is 362 g/mol. The van der Waals surface area contributed by atoms with Gasteiger partial charge in [-0.1, -0.05) is 13.8 Å². The molecule has 1 atom stereocenters. The Hall–Kier alpha value is -1.59. The van der Waals surface area contributed by atoms with Crippen LogP contribution in [0, 0.1) is 5.92 Å². The molecule has 1 aromatic rings. The van der Waals surface area contributed by atoms with E-state index in [1.165, 1.54) is 25.9 Å². The van der Waals surface area contributed by atoms with Gasteiger partial charge in [0.1, 0.15) is 18.0 Å². The Labute approximate surface area is 158 Å². The zero-order valence-corrected chi connectivity index (χ0v) is 16.7. The van der Waals surface area contributed by atoms with Crippen LogP contribution in [0.4, 0.5) is 5.69 Å². The first kappa shape index (κ1) is 20.7. The van der Waals surface area contributed by atoms with Crippen LogP contribution < -0.4 is 10.1 Å². The highest BCUT2D eigenvalue weighted by Gasteiger charge is 2.28. The molecule has 0 unspecified atom stereocenters. The number of nitrogens with one attached hydrogen (secondary N) is 1. The molecular weight excluding hydrogens is 328 g/mol. The number of nitrogens with zero attached hydrogens (tertiary/aromatic N) is 1. The molecule has 1 aromatic carbocycles. The maximum atomic E-state index is 12.3. The van der Waals surface area contributed by atoms with E-state index in [-0.39, 0.29) is 5.91 Å². The molecule has 1 amide bonds. The lowest BCUT2D eigenvalue weighted by Gasteiger charge is -2.30. The summed E-state index contributed by atoms with van der Waals surface area (Å²) in [6, 6.07) is 7.53. The number of carbonyl (C=O) groups excluding carboxylic acids is 1. The summed E-state index contributed by atoms with van der Waals surface area (Å²) in [4.78, 5) is 14.8. The Balaban J connectivity index is 1.76. The molecule has 5 heteroatoms. The number of carbonyl (C=O) groups is 1. The van der Waals surface area contributed by atoms with Crippen LogP contribution in [0.3, 0.4) is 0 Å². The van der Waals surface area contributed by atoms with Crippen molar-refractivity contribution in [1.82, 2.24) is 4.90 Å². The summed E-state index contributed by atoms with van der Waals surface area (Å²) in [6.45, 7) is 12.5. The van der Waals surface area contributed by atoms with Gasteiger partial charge in [-0.3, -0.25) is 9.69 Å². The molecule has 26 heavy (non-hydrogen) atoms. The van der Waals surface area contributed by atoms with E-state index in [2.05, 4.69) is 17.1 Å². The van der Waals surface area contributed by atoms with Crippen LogP contribution in [0.2, 0.25) is 0 Å². The fraction of sp³-hybridized carbons (Fsp3) is 0.667. The lowest BCUT2D eigenvalue weighted by Crippen LogP contribution is -2.40. The summed E-state index contributed by atoms with van der Waals surface area (Å²) >= 11 is 0. The van der Waals surface area contributed by atoms with Crippen LogP contribution in [0.5, 0.6) is 5.75 Å². The molecule has 0 radical (unpaired) electrons. The molecule has 1 fully saturated rings. The number of hydrogen-bond acceptors (Lipinski definition) is 4. The zero-order valence-electron chi connectivity index (χ0n) is 16.7. The third-order valence-electron chi connectivity index (χ3n) is 4.74. The number of piperidine rings is 1. The Kier molecular flexibility index (Phi) is 7.91. The number of rotatable bonds is 9. The molecule has 0 spiro atoms. The minimum absolute atomic E-state index is 0.140. The SMILES string of the molecule is CCCOC(C)(C)C(=O)Nc1ccc(OCCN2CCC[C@@H](C)C2)cc1. The second kappa shape index (κ2) is 9.93. The summed E-state index contributed by atoms with van der Waals surface area (Å²) in [6.07, 6.45) is 3.51. The molecule has 1 aliphatic rings. The lowest BCUT2D eigenvalue weighted by molar-refractivity contribution is -0.137. The van der Waals surface area contributed by atoms with Crippen molar-refractivity contribution in [2.45, 2.75) is 52.6 Å². The van der Waals surface area contributed by atoms with Crippen molar-refractivity contribution < 1.29 is 14.3 Å². The van der Waals surface area contributed by atoms with Gasteiger partial charge >= 0.3 is 0 Å². The predicted octanol–water partition coefficient (Wildman–Crippen LogP) is 3.94. The van der Waals surface area contributed by atoms with Crippen LogP contribution in [0.15, 0.2) is 24.3 Å². The van der Waals surface area contributed by atoms with Crippen molar-refractivity contribution in [3.8, 4) is 5.75 Å². The van der Waals surface area contributed by atoms with E-state index in [0.717, 1.165) is 30.3 Å². The lowest BCUT2D eigenvalue weighted by atomic mass is 10.0. The maximum Gasteiger partial charge on any atom is 0.256 e. The molecule has 146 valence electrons. The molecule has 0 bridgehead atoms. The summed E-state index contributed by atoms with van der Waals surface area (Å²) in [5.74, 6) is 1.48. The summed E-state index contributed by atoms with van der Waals surface area (Å²) in [7, 11) is 0. The standard InChI is InChI=1S/C21H34N2O3/c1-5-14-26-21(3,4)20(24)22-18-8-10-19(11-9-18)25-15-13-23-12-6-7-17(2)16-23/h8-11,17H,5-7,12-16H2,1-4H3,(H,22,24)/t17-/m1/s1. The van der Waals surface area contributed by atoms with E-state index in [1.54, 1.807) is 13.8 Å². The first-order valence-corrected chi connectivity index (χ1v) is 9.81. The van der Waals surface area contributed by atoms with E-state index in [4.69, 9.17) is 9.47 Å². The smallest absolute Gasteiger partial charge is 0.256 e. The van der Waals surface area contributed by atoms with Gasteiger partial charge in [-0.25, -0.2) is 0 Å². The van der Waals surface area contributed by atoms with Crippen LogP contribution in [-0.4, -0.2) is 49.3 Å². The first-order valence-electron chi connectivity index (χ1n) is 9.81.